The second-order valence-corrected chi connectivity index (χ2v) is 6.68. The third-order valence-corrected chi connectivity index (χ3v) is 4.35. The van der Waals surface area contributed by atoms with Gasteiger partial charge in [-0.25, -0.2) is 4.39 Å². The maximum absolute atomic E-state index is 13.0. The Balaban J connectivity index is 1.56. The van der Waals surface area contributed by atoms with E-state index in [1.54, 1.807) is 18.2 Å². The van der Waals surface area contributed by atoms with Crippen molar-refractivity contribution in [3.05, 3.63) is 89.7 Å². The topological polar surface area (TPSA) is 99.6 Å². The van der Waals surface area contributed by atoms with Gasteiger partial charge in [0.2, 0.25) is 5.91 Å². The Labute approximate surface area is 174 Å². The maximum Gasteiger partial charge on any atom is 0.243 e. The highest BCUT2D eigenvalue weighted by molar-refractivity contribution is 5.95. The summed E-state index contributed by atoms with van der Waals surface area (Å²) < 4.78 is 24.2. The minimum atomic E-state index is -0.825. The number of benzene rings is 3. The SMILES string of the molecule is NCc1cc(Oc2ccc(F)cc2)ccc1NC(=O)C(N)COCc1ccccc1. The number of nitrogens with one attached hydrogen (secondary N) is 1. The molecular formula is C23H24FN3O3. The summed E-state index contributed by atoms with van der Waals surface area (Å²) in [7, 11) is 0. The average molecular weight is 409 g/mol. The van der Waals surface area contributed by atoms with Crippen molar-refractivity contribution in [1.82, 2.24) is 0 Å². The third-order valence-electron chi connectivity index (χ3n) is 4.35. The highest BCUT2D eigenvalue weighted by Gasteiger charge is 2.16. The molecule has 30 heavy (non-hydrogen) atoms. The molecule has 0 aliphatic carbocycles. The molecule has 6 nitrogen and oxygen atoms in total. The molecule has 0 saturated heterocycles. The van der Waals surface area contributed by atoms with Crippen LogP contribution in [0.5, 0.6) is 11.5 Å². The molecular weight excluding hydrogens is 385 g/mol. The molecule has 0 saturated carbocycles. The fourth-order valence-corrected chi connectivity index (χ4v) is 2.74. The smallest absolute Gasteiger partial charge is 0.243 e. The second kappa shape index (κ2) is 10.5. The number of carbonyl (C=O) groups is 1. The summed E-state index contributed by atoms with van der Waals surface area (Å²) in [5.74, 6) is 0.307. The molecule has 0 radical (unpaired) electrons. The Kier molecular flexibility index (Phi) is 7.51. The lowest BCUT2D eigenvalue weighted by Gasteiger charge is -2.16. The molecule has 0 fully saturated rings. The zero-order valence-electron chi connectivity index (χ0n) is 16.4. The van der Waals surface area contributed by atoms with Crippen molar-refractivity contribution in [3.63, 3.8) is 0 Å². The van der Waals surface area contributed by atoms with E-state index in [1.807, 2.05) is 30.3 Å². The van der Waals surface area contributed by atoms with Gasteiger partial charge in [-0.15, -0.1) is 0 Å². The average Bonchev–Trinajstić information content (AvgIpc) is 2.77. The molecule has 0 heterocycles. The van der Waals surface area contributed by atoms with Crippen LogP contribution in [0.15, 0.2) is 72.8 Å². The van der Waals surface area contributed by atoms with Gasteiger partial charge in [0.1, 0.15) is 23.4 Å². The minimum Gasteiger partial charge on any atom is -0.457 e. The normalized spacial score (nSPS) is 11.7. The summed E-state index contributed by atoms with van der Waals surface area (Å²) >= 11 is 0. The summed E-state index contributed by atoms with van der Waals surface area (Å²) in [6, 6.07) is 19.6. The predicted molar refractivity (Wildman–Crippen MR) is 114 cm³/mol. The number of hydrogen-bond donors (Lipinski definition) is 3. The number of amides is 1. The second-order valence-electron chi connectivity index (χ2n) is 6.68. The molecule has 3 aromatic carbocycles. The molecule has 0 aliphatic heterocycles. The maximum atomic E-state index is 13.0. The van der Waals surface area contributed by atoms with E-state index < -0.39 is 6.04 Å². The monoisotopic (exact) mass is 409 g/mol. The van der Waals surface area contributed by atoms with E-state index in [4.69, 9.17) is 20.9 Å². The minimum absolute atomic E-state index is 0.0877. The van der Waals surface area contributed by atoms with Crippen molar-refractivity contribution >= 4 is 11.6 Å². The summed E-state index contributed by atoms with van der Waals surface area (Å²) in [4.78, 5) is 12.4. The number of nitrogens with two attached hydrogens (primary N) is 2. The molecule has 1 atom stereocenters. The van der Waals surface area contributed by atoms with Gasteiger partial charge >= 0.3 is 0 Å². The van der Waals surface area contributed by atoms with Crippen molar-refractivity contribution in [2.45, 2.75) is 19.2 Å². The van der Waals surface area contributed by atoms with E-state index >= 15 is 0 Å². The summed E-state index contributed by atoms with van der Waals surface area (Å²) in [5, 5.41) is 2.78. The zero-order chi connectivity index (χ0) is 21.3. The van der Waals surface area contributed by atoms with Crippen LogP contribution in [0.4, 0.5) is 10.1 Å². The Bertz CT molecular complexity index is 965. The van der Waals surface area contributed by atoms with Crippen molar-refractivity contribution < 1.29 is 18.7 Å². The third kappa shape index (κ3) is 6.12. The Morgan fingerprint density at radius 3 is 2.40 bits per heavy atom. The standard InChI is InChI=1S/C23H24FN3O3/c24-18-6-8-19(9-7-18)30-20-10-11-22(17(12-20)13-25)27-23(28)21(26)15-29-14-16-4-2-1-3-5-16/h1-12,21H,13-15,25-26H2,(H,27,28). The first-order valence-electron chi connectivity index (χ1n) is 9.49. The summed E-state index contributed by atoms with van der Waals surface area (Å²) in [6.07, 6.45) is 0. The fourth-order valence-electron chi connectivity index (χ4n) is 2.74. The molecule has 3 aromatic rings. The Morgan fingerprint density at radius 2 is 1.70 bits per heavy atom. The van der Waals surface area contributed by atoms with E-state index in [0.29, 0.717) is 29.4 Å². The lowest BCUT2D eigenvalue weighted by Crippen LogP contribution is -2.39. The highest BCUT2D eigenvalue weighted by Crippen LogP contribution is 2.26. The molecule has 1 amide bonds. The molecule has 0 spiro atoms. The first-order chi connectivity index (χ1) is 14.5. The Morgan fingerprint density at radius 1 is 1.00 bits per heavy atom. The van der Waals surface area contributed by atoms with Crippen LogP contribution < -0.4 is 21.5 Å². The van der Waals surface area contributed by atoms with Gasteiger partial charge in [0.05, 0.1) is 13.2 Å². The Hall–Kier alpha value is -3.26. The number of anilines is 1. The summed E-state index contributed by atoms with van der Waals surface area (Å²) in [5.41, 5.74) is 14.0. The van der Waals surface area contributed by atoms with Gasteiger partial charge in [0, 0.05) is 12.2 Å². The molecule has 7 heteroatoms. The number of rotatable bonds is 9. The van der Waals surface area contributed by atoms with E-state index in [0.717, 1.165) is 5.56 Å². The van der Waals surface area contributed by atoms with Crippen LogP contribution in [0.25, 0.3) is 0 Å². The van der Waals surface area contributed by atoms with Crippen molar-refractivity contribution in [3.8, 4) is 11.5 Å². The number of hydrogen-bond acceptors (Lipinski definition) is 5. The largest absolute Gasteiger partial charge is 0.457 e. The first kappa shape index (κ1) is 21.4. The van der Waals surface area contributed by atoms with Gasteiger partial charge in [-0.05, 0) is 53.6 Å². The number of halogens is 1. The van der Waals surface area contributed by atoms with Gasteiger partial charge in [0.25, 0.3) is 0 Å². The molecule has 5 N–H and O–H groups in total. The number of carbonyl (C=O) groups excluding carboxylic acids is 1. The lowest BCUT2D eigenvalue weighted by molar-refractivity contribution is -0.118. The quantitative estimate of drug-likeness (QED) is 0.502. The number of ether oxygens (including phenoxy) is 2. The van der Waals surface area contributed by atoms with Crippen LogP contribution in [-0.4, -0.2) is 18.6 Å². The van der Waals surface area contributed by atoms with E-state index in [2.05, 4.69) is 5.32 Å². The fraction of sp³-hybridized carbons (Fsp3) is 0.174. The van der Waals surface area contributed by atoms with Crippen molar-refractivity contribution in [1.29, 1.82) is 0 Å². The van der Waals surface area contributed by atoms with Crippen LogP contribution in [0.3, 0.4) is 0 Å². The van der Waals surface area contributed by atoms with Crippen LogP contribution in [0, 0.1) is 5.82 Å². The highest BCUT2D eigenvalue weighted by atomic mass is 19.1. The molecule has 0 aliphatic rings. The van der Waals surface area contributed by atoms with E-state index in [1.165, 1.54) is 24.3 Å². The first-order valence-corrected chi connectivity index (χ1v) is 9.49. The molecule has 0 aromatic heterocycles. The van der Waals surface area contributed by atoms with Crippen molar-refractivity contribution in [2.75, 3.05) is 11.9 Å². The molecule has 156 valence electrons. The summed E-state index contributed by atoms with van der Waals surface area (Å²) in [6.45, 7) is 0.658. The van der Waals surface area contributed by atoms with Crippen LogP contribution >= 0.6 is 0 Å². The van der Waals surface area contributed by atoms with Gasteiger partial charge in [-0.1, -0.05) is 30.3 Å². The predicted octanol–water partition coefficient (Wildman–Crippen LogP) is 3.56. The lowest BCUT2D eigenvalue weighted by atomic mass is 10.1. The molecule has 1 unspecified atom stereocenters. The van der Waals surface area contributed by atoms with E-state index in [-0.39, 0.29) is 24.9 Å². The van der Waals surface area contributed by atoms with Crippen LogP contribution in [-0.2, 0) is 22.7 Å². The van der Waals surface area contributed by atoms with Gasteiger partial charge in [0.15, 0.2) is 0 Å². The van der Waals surface area contributed by atoms with Gasteiger partial charge in [-0.2, -0.15) is 0 Å². The van der Waals surface area contributed by atoms with Crippen molar-refractivity contribution in [2.24, 2.45) is 11.5 Å². The van der Waals surface area contributed by atoms with Crippen LogP contribution in [0.1, 0.15) is 11.1 Å². The van der Waals surface area contributed by atoms with Gasteiger partial charge in [-0.3, -0.25) is 4.79 Å². The van der Waals surface area contributed by atoms with Gasteiger partial charge < -0.3 is 26.3 Å². The zero-order valence-corrected chi connectivity index (χ0v) is 16.4. The van der Waals surface area contributed by atoms with Crippen LogP contribution in [0.2, 0.25) is 0 Å². The van der Waals surface area contributed by atoms with E-state index in [9.17, 15) is 9.18 Å². The molecule has 0 bridgehead atoms. The molecule has 3 rings (SSSR count).